The molecule has 5 rings (SSSR count). The molecular weight excluding hydrogens is 590 g/mol. The molecule has 3 aromatic heterocycles. The Labute approximate surface area is 242 Å². The number of halogens is 2. The summed E-state index contributed by atoms with van der Waals surface area (Å²) < 4.78 is 57.0. The third-order valence-corrected chi connectivity index (χ3v) is 8.96. The smallest absolute Gasteiger partial charge is 0.330 e. The molecule has 0 saturated carbocycles. The number of anilines is 1. The van der Waals surface area contributed by atoms with Gasteiger partial charge in [-0.25, -0.2) is 31.8 Å². The molecule has 1 fully saturated rings. The van der Waals surface area contributed by atoms with Gasteiger partial charge in [0.05, 0.1) is 17.1 Å². The predicted molar refractivity (Wildman–Crippen MR) is 151 cm³/mol. The van der Waals surface area contributed by atoms with E-state index in [1.807, 2.05) is 0 Å². The SMILES string of the molecule is Cn1cc(-c2ccc(CC(NC(=O)c3c(F)cc(N4CCS(=O)(=O)CC4)cc3F)C(=O)O)n3ccnc23)c(=O)n(C)c1=O. The van der Waals surface area contributed by atoms with Crippen LogP contribution in [0.5, 0.6) is 0 Å². The Balaban J connectivity index is 1.41. The van der Waals surface area contributed by atoms with E-state index in [9.17, 15) is 41.5 Å². The summed E-state index contributed by atoms with van der Waals surface area (Å²) in [6.07, 6.45) is 4.00. The van der Waals surface area contributed by atoms with E-state index in [2.05, 4.69) is 10.3 Å². The van der Waals surface area contributed by atoms with Gasteiger partial charge in [0.15, 0.2) is 9.84 Å². The van der Waals surface area contributed by atoms with Gasteiger partial charge in [-0.05, 0) is 24.3 Å². The minimum Gasteiger partial charge on any atom is -0.480 e. The molecule has 1 aromatic carbocycles. The molecule has 1 amide bonds. The van der Waals surface area contributed by atoms with Crippen LogP contribution in [0.25, 0.3) is 16.8 Å². The van der Waals surface area contributed by atoms with Crippen molar-refractivity contribution in [1.29, 1.82) is 0 Å². The quantitative estimate of drug-likeness (QED) is 0.298. The summed E-state index contributed by atoms with van der Waals surface area (Å²) in [5, 5.41) is 12.0. The number of imidazole rings is 1. The highest BCUT2D eigenvalue weighted by molar-refractivity contribution is 7.91. The maximum atomic E-state index is 15.0. The van der Waals surface area contributed by atoms with E-state index in [-0.39, 0.29) is 47.9 Å². The summed E-state index contributed by atoms with van der Waals surface area (Å²) >= 11 is 0. The third kappa shape index (κ3) is 5.64. The Kier molecular flexibility index (Phi) is 7.64. The zero-order chi connectivity index (χ0) is 31.2. The fourth-order valence-corrected chi connectivity index (χ4v) is 6.21. The van der Waals surface area contributed by atoms with Crippen LogP contribution in [0, 0.1) is 11.6 Å². The number of aryl methyl sites for hydroxylation is 1. The van der Waals surface area contributed by atoms with E-state index in [0.717, 1.165) is 16.7 Å². The number of hydrogen-bond acceptors (Lipinski definition) is 8. The first kappa shape index (κ1) is 29.6. The first-order valence-corrected chi connectivity index (χ1v) is 14.8. The summed E-state index contributed by atoms with van der Waals surface area (Å²) in [7, 11) is -0.402. The van der Waals surface area contributed by atoms with Crippen LogP contribution in [-0.2, 0) is 35.1 Å². The van der Waals surface area contributed by atoms with Crippen LogP contribution in [0.15, 0.2) is 52.4 Å². The lowest BCUT2D eigenvalue weighted by Gasteiger charge is -2.29. The van der Waals surface area contributed by atoms with Crippen molar-refractivity contribution in [2.24, 2.45) is 14.1 Å². The molecule has 1 aliphatic rings. The van der Waals surface area contributed by atoms with Crippen molar-refractivity contribution in [3.8, 4) is 11.1 Å². The summed E-state index contributed by atoms with van der Waals surface area (Å²) in [5.74, 6) is -5.57. The average Bonchev–Trinajstić information content (AvgIpc) is 3.44. The predicted octanol–water partition coefficient (Wildman–Crippen LogP) is 0.337. The van der Waals surface area contributed by atoms with E-state index in [1.54, 1.807) is 0 Å². The van der Waals surface area contributed by atoms with Gasteiger partial charge in [-0.15, -0.1) is 0 Å². The van der Waals surface area contributed by atoms with Crippen molar-refractivity contribution in [2.45, 2.75) is 12.5 Å². The molecule has 1 unspecified atom stereocenters. The number of nitrogens with zero attached hydrogens (tertiary/aromatic N) is 5. The minimum absolute atomic E-state index is 0.0341. The number of carboxylic acid groups (broad SMARTS) is 1. The number of pyridine rings is 1. The molecule has 1 atom stereocenters. The van der Waals surface area contributed by atoms with Crippen LogP contribution in [0.3, 0.4) is 0 Å². The van der Waals surface area contributed by atoms with Crippen LogP contribution in [0.4, 0.5) is 14.5 Å². The van der Waals surface area contributed by atoms with Gasteiger partial charge in [-0.2, -0.15) is 0 Å². The average molecular weight is 617 g/mol. The van der Waals surface area contributed by atoms with E-state index in [0.29, 0.717) is 11.3 Å². The Morgan fingerprint density at radius 1 is 1.07 bits per heavy atom. The van der Waals surface area contributed by atoms with Crippen LogP contribution in [-0.4, -0.2) is 74.6 Å². The van der Waals surface area contributed by atoms with Gasteiger partial charge in [-0.3, -0.25) is 14.2 Å². The lowest BCUT2D eigenvalue weighted by atomic mass is 10.1. The molecule has 2 N–H and O–H groups in total. The third-order valence-electron chi connectivity index (χ3n) is 7.35. The van der Waals surface area contributed by atoms with Crippen LogP contribution >= 0.6 is 0 Å². The van der Waals surface area contributed by atoms with Crippen molar-refractivity contribution in [3.63, 3.8) is 0 Å². The number of fused-ring (bicyclic) bond motifs is 1. The molecule has 1 aliphatic heterocycles. The highest BCUT2D eigenvalue weighted by Gasteiger charge is 2.28. The molecule has 0 spiro atoms. The number of benzene rings is 1. The van der Waals surface area contributed by atoms with Gasteiger partial charge in [0.2, 0.25) is 0 Å². The number of carbonyl (C=O) groups excluding carboxylic acids is 1. The molecule has 4 heterocycles. The highest BCUT2D eigenvalue weighted by Crippen LogP contribution is 2.25. The number of carbonyl (C=O) groups is 2. The molecular formula is C27H26F2N6O7S. The van der Waals surface area contributed by atoms with E-state index in [1.165, 1.54) is 58.7 Å². The van der Waals surface area contributed by atoms with Crippen molar-refractivity contribution < 1.29 is 31.9 Å². The summed E-state index contributed by atoms with van der Waals surface area (Å²) in [6, 6.07) is 3.25. The first-order valence-electron chi connectivity index (χ1n) is 13.0. The maximum absolute atomic E-state index is 15.0. The number of hydrogen-bond donors (Lipinski definition) is 2. The van der Waals surface area contributed by atoms with E-state index in [4.69, 9.17) is 0 Å². The van der Waals surface area contributed by atoms with E-state index < -0.39 is 56.2 Å². The summed E-state index contributed by atoms with van der Waals surface area (Å²) in [6.45, 7) is 0.0681. The van der Waals surface area contributed by atoms with Gasteiger partial charge in [0, 0.05) is 69.1 Å². The number of aromatic nitrogens is 4. The zero-order valence-corrected chi connectivity index (χ0v) is 23.8. The molecule has 0 radical (unpaired) electrons. The molecule has 0 bridgehead atoms. The van der Waals surface area contributed by atoms with Gasteiger partial charge < -0.3 is 24.3 Å². The number of carboxylic acids is 1. The second-order valence-corrected chi connectivity index (χ2v) is 12.5. The second kappa shape index (κ2) is 11.1. The van der Waals surface area contributed by atoms with Crippen molar-refractivity contribution in [2.75, 3.05) is 29.5 Å². The largest absolute Gasteiger partial charge is 0.480 e. The molecule has 16 heteroatoms. The fraction of sp³-hybridized carbons (Fsp3) is 0.296. The number of aliphatic carboxylic acids is 1. The zero-order valence-electron chi connectivity index (χ0n) is 23.0. The Bertz CT molecular complexity index is 1980. The topological polar surface area (TPSA) is 165 Å². The Hall–Kier alpha value is -4.86. The van der Waals surface area contributed by atoms with Crippen LogP contribution in [0.2, 0.25) is 0 Å². The maximum Gasteiger partial charge on any atom is 0.330 e. The molecule has 4 aromatic rings. The fourth-order valence-electron chi connectivity index (χ4n) is 5.01. The lowest BCUT2D eigenvalue weighted by molar-refractivity contribution is -0.139. The Morgan fingerprint density at radius 3 is 2.35 bits per heavy atom. The van der Waals surface area contributed by atoms with Gasteiger partial charge in [0.25, 0.3) is 11.5 Å². The molecule has 226 valence electrons. The summed E-state index contributed by atoms with van der Waals surface area (Å²) in [4.78, 5) is 55.7. The van der Waals surface area contributed by atoms with Gasteiger partial charge >= 0.3 is 11.7 Å². The van der Waals surface area contributed by atoms with Gasteiger partial charge in [0.1, 0.15) is 28.9 Å². The van der Waals surface area contributed by atoms with Crippen LogP contribution in [0.1, 0.15) is 16.1 Å². The molecule has 1 saturated heterocycles. The number of amides is 1. The molecule has 43 heavy (non-hydrogen) atoms. The van der Waals surface area contributed by atoms with Crippen LogP contribution < -0.4 is 21.5 Å². The summed E-state index contributed by atoms with van der Waals surface area (Å²) in [5.41, 5.74) is -0.817. The normalized spacial score (nSPS) is 15.4. The second-order valence-electron chi connectivity index (χ2n) is 10.2. The van der Waals surface area contributed by atoms with Crippen molar-refractivity contribution in [3.05, 3.63) is 86.6 Å². The molecule has 13 nitrogen and oxygen atoms in total. The molecule has 0 aliphatic carbocycles. The number of sulfone groups is 1. The monoisotopic (exact) mass is 616 g/mol. The lowest BCUT2D eigenvalue weighted by Crippen LogP contribution is -2.43. The first-order chi connectivity index (χ1) is 20.3. The van der Waals surface area contributed by atoms with Crippen molar-refractivity contribution >= 4 is 33.0 Å². The van der Waals surface area contributed by atoms with Gasteiger partial charge in [-0.1, -0.05) is 0 Å². The Morgan fingerprint density at radius 2 is 1.72 bits per heavy atom. The number of rotatable bonds is 7. The van der Waals surface area contributed by atoms with E-state index >= 15 is 0 Å². The standard InChI is InChI=1S/C27H26F2N6O7S/c1-32-14-18(25(37)33(2)27(32)40)17-4-3-15(35-6-5-30-23(17)35)13-21(26(38)39)31-24(36)22-19(28)11-16(12-20(22)29)34-7-9-43(41,42)10-8-34/h3-6,11-12,14,21H,7-10,13H2,1-2H3,(H,31,36)(H,38,39). The highest BCUT2D eigenvalue weighted by atomic mass is 32.2. The number of nitrogens with one attached hydrogen (secondary N) is 1. The van der Waals surface area contributed by atoms with Crippen molar-refractivity contribution in [1.82, 2.24) is 23.8 Å². The minimum atomic E-state index is -3.23.